The quantitative estimate of drug-likeness (QED) is 0.533. The number of rotatable bonds is 3. The van der Waals surface area contributed by atoms with Gasteiger partial charge < -0.3 is 0 Å². The van der Waals surface area contributed by atoms with Gasteiger partial charge in [0.15, 0.2) is 0 Å². The van der Waals surface area contributed by atoms with Gasteiger partial charge >= 0.3 is 0 Å². The molecule has 24 heavy (non-hydrogen) atoms. The summed E-state index contributed by atoms with van der Waals surface area (Å²) in [5.74, 6) is -0.319. The molecule has 120 valence electrons. The maximum Gasteiger partial charge on any atom is 0.272 e. The van der Waals surface area contributed by atoms with E-state index in [1.165, 1.54) is 5.39 Å². The molecule has 4 heteroatoms. The first-order chi connectivity index (χ1) is 11.5. The predicted molar refractivity (Wildman–Crippen MR) is 99.8 cm³/mol. The Morgan fingerprint density at radius 2 is 1.75 bits per heavy atom. The number of carbonyl (C=O) groups is 1. The van der Waals surface area contributed by atoms with Crippen molar-refractivity contribution >= 4 is 34.0 Å². The van der Waals surface area contributed by atoms with E-state index < -0.39 is 0 Å². The first-order valence-electron chi connectivity index (χ1n) is 7.64. The molecule has 0 bridgehead atoms. The van der Waals surface area contributed by atoms with Crippen molar-refractivity contribution in [2.45, 2.75) is 13.8 Å². The van der Waals surface area contributed by atoms with Gasteiger partial charge in [0.05, 0.1) is 16.3 Å². The van der Waals surface area contributed by atoms with Crippen molar-refractivity contribution in [2.24, 2.45) is 5.10 Å². The molecule has 0 heterocycles. The number of amides is 1. The minimum Gasteiger partial charge on any atom is -0.267 e. The lowest BCUT2D eigenvalue weighted by molar-refractivity contribution is 0.0955. The summed E-state index contributed by atoms with van der Waals surface area (Å²) in [5.41, 5.74) is 5.69. The zero-order valence-corrected chi connectivity index (χ0v) is 14.3. The molecule has 0 aliphatic heterocycles. The monoisotopic (exact) mass is 336 g/mol. The van der Waals surface area contributed by atoms with Crippen LogP contribution in [0.2, 0.25) is 5.02 Å². The lowest BCUT2D eigenvalue weighted by Crippen LogP contribution is -2.19. The van der Waals surface area contributed by atoms with Crippen LogP contribution in [0, 0.1) is 6.92 Å². The molecule has 0 aliphatic rings. The maximum absolute atomic E-state index is 12.2. The Kier molecular flexibility index (Phi) is 4.63. The van der Waals surface area contributed by atoms with Gasteiger partial charge in [0.1, 0.15) is 0 Å². The van der Waals surface area contributed by atoms with E-state index in [4.69, 9.17) is 11.6 Å². The van der Waals surface area contributed by atoms with Crippen molar-refractivity contribution in [3.8, 4) is 0 Å². The molecule has 3 aromatic rings. The number of nitrogens with one attached hydrogen (secondary N) is 1. The highest BCUT2D eigenvalue weighted by Crippen LogP contribution is 2.18. The Labute approximate surface area is 146 Å². The Balaban J connectivity index is 1.80. The number of carbonyl (C=O) groups excluding carboxylic acids is 1. The Morgan fingerprint density at radius 1 is 1.00 bits per heavy atom. The third-order valence-corrected chi connectivity index (χ3v) is 4.17. The largest absolute Gasteiger partial charge is 0.272 e. The lowest BCUT2D eigenvalue weighted by atomic mass is 10.0. The van der Waals surface area contributed by atoms with E-state index in [0.717, 1.165) is 22.2 Å². The maximum atomic E-state index is 12.2. The lowest BCUT2D eigenvalue weighted by Gasteiger charge is -2.06. The van der Waals surface area contributed by atoms with E-state index in [2.05, 4.69) is 28.7 Å². The summed E-state index contributed by atoms with van der Waals surface area (Å²) in [6.45, 7) is 3.79. The van der Waals surface area contributed by atoms with Gasteiger partial charge in [-0.2, -0.15) is 5.10 Å². The van der Waals surface area contributed by atoms with Crippen LogP contribution in [-0.2, 0) is 0 Å². The summed E-state index contributed by atoms with van der Waals surface area (Å²) < 4.78 is 0. The van der Waals surface area contributed by atoms with Crippen LogP contribution in [0.15, 0.2) is 65.8 Å². The molecule has 1 N–H and O–H groups in total. The smallest absolute Gasteiger partial charge is 0.267 e. The average molecular weight is 337 g/mol. The zero-order valence-electron chi connectivity index (χ0n) is 13.5. The summed E-state index contributed by atoms with van der Waals surface area (Å²) in [7, 11) is 0. The molecule has 3 rings (SSSR count). The third-order valence-electron chi connectivity index (χ3n) is 3.86. The van der Waals surface area contributed by atoms with Crippen molar-refractivity contribution in [3.05, 3.63) is 82.4 Å². The van der Waals surface area contributed by atoms with E-state index in [-0.39, 0.29) is 5.91 Å². The van der Waals surface area contributed by atoms with Gasteiger partial charge in [0.2, 0.25) is 0 Å². The summed E-state index contributed by atoms with van der Waals surface area (Å²) in [6.07, 6.45) is 0. The second kappa shape index (κ2) is 6.85. The summed E-state index contributed by atoms with van der Waals surface area (Å²) >= 11 is 6.11. The Hall–Kier alpha value is -2.65. The topological polar surface area (TPSA) is 41.5 Å². The molecular formula is C20H17ClN2O. The second-order valence-corrected chi connectivity index (χ2v) is 6.09. The van der Waals surface area contributed by atoms with Crippen LogP contribution >= 0.6 is 11.6 Å². The van der Waals surface area contributed by atoms with Gasteiger partial charge in [-0.15, -0.1) is 0 Å². The summed E-state index contributed by atoms with van der Waals surface area (Å²) in [4.78, 5) is 12.2. The molecule has 3 nitrogen and oxygen atoms in total. The molecule has 0 aromatic heterocycles. The normalized spacial score (nSPS) is 11.5. The number of nitrogens with zero attached hydrogens (tertiary/aromatic N) is 1. The number of benzene rings is 3. The van der Waals surface area contributed by atoms with Gasteiger partial charge in [-0.1, -0.05) is 54.1 Å². The minimum atomic E-state index is -0.319. The predicted octanol–water partition coefficient (Wildman–Crippen LogP) is 4.96. The van der Waals surface area contributed by atoms with Gasteiger partial charge in [0, 0.05) is 0 Å². The number of hydrogen-bond donors (Lipinski definition) is 1. The van der Waals surface area contributed by atoms with E-state index in [1.54, 1.807) is 12.1 Å². The highest BCUT2D eigenvalue weighted by atomic mass is 35.5. The number of aryl methyl sites for hydroxylation is 1. The molecule has 0 saturated heterocycles. The van der Waals surface area contributed by atoms with E-state index in [9.17, 15) is 4.79 Å². The number of fused-ring (bicyclic) bond motifs is 1. The van der Waals surface area contributed by atoms with Gasteiger partial charge in [-0.25, -0.2) is 5.43 Å². The van der Waals surface area contributed by atoms with E-state index in [0.29, 0.717) is 10.6 Å². The van der Waals surface area contributed by atoms with E-state index >= 15 is 0 Å². The molecule has 0 saturated carbocycles. The van der Waals surface area contributed by atoms with Crippen molar-refractivity contribution < 1.29 is 4.79 Å². The molecule has 0 unspecified atom stereocenters. The van der Waals surface area contributed by atoms with Crippen LogP contribution in [0.4, 0.5) is 0 Å². The number of hydrazone groups is 1. The molecule has 0 aliphatic carbocycles. The van der Waals surface area contributed by atoms with Crippen molar-refractivity contribution in [3.63, 3.8) is 0 Å². The molecule has 3 aromatic carbocycles. The molecule has 0 fully saturated rings. The Bertz CT molecular complexity index is 947. The standard InChI is InChI=1S/C20H17ClN2O/c1-13-7-10-18(19(21)11-13)20(24)23-22-14(2)16-9-8-15-5-3-4-6-17(15)12-16/h3-12H,1-2H3,(H,23,24)/b22-14-. The van der Waals surface area contributed by atoms with Crippen LogP contribution in [0.5, 0.6) is 0 Å². The fraction of sp³-hybridized carbons (Fsp3) is 0.100. The van der Waals surface area contributed by atoms with Crippen molar-refractivity contribution in [1.82, 2.24) is 5.43 Å². The fourth-order valence-corrected chi connectivity index (χ4v) is 2.80. The SMILES string of the molecule is C/C(=N/NC(=O)c1ccc(C)cc1Cl)c1ccc2ccccc2c1. The highest BCUT2D eigenvalue weighted by Gasteiger charge is 2.10. The first-order valence-corrected chi connectivity index (χ1v) is 8.02. The third kappa shape index (κ3) is 3.47. The number of halogens is 1. The average Bonchev–Trinajstić information content (AvgIpc) is 2.59. The van der Waals surface area contributed by atoms with Crippen LogP contribution in [0.1, 0.15) is 28.4 Å². The molecule has 1 amide bonds. The molecule has 0 spiro atoms. The summed E-state index contributed by atoms with van der Waals surface area (Å²) in [5, 5.41) is 6.93. The summed E-state index contributed by atoms with van der Waals surface area (Å²) in [6, 6.07) is 19.5. The second-order valence-electron chi connectivity index (χ2n) is 5.68. The van der Waals surface area contributed by atoms with Gasteiger partial charge in [0.25, 0.3) is 5.91 Å². The van der Waals surface area contributed by atoms with Crippen molar-refractivity contribution in [2.75, 3.05) is 0 Å². The molecule has 0 radical (unpaired) electrons. The van der Waals surface area contributed by atoms with Crippen LogP contribution < -0.4 is 5.43 Å². The molecular weight excluding hydrogens is 320 g/mol. The molecule has 0 atom stereocenters. The van der Waals surface area contributed by atoms with Crippen LogP contribution in [-0.4, -0.2) is 11.6 Å². The Morgan fingerprint density at radius 3 is 2.50 bits per heavy atom. The minimum absolute atomic E-state index is 0.319. The first kappa shape index (κ1) is 16.2. The highest BCUT2D eigenvalue weighted by molar-refractivity contribution is 6.33. The number of hydrogen-bond acceptors (Lipinski definition) is 2. The van der Waals surface area contributed by atoms with Gasteiger partial charge in [-0.3, -0.25) is 4.79 Å². The van der Waals surface area contributed by atoms with Gasteiger partial charge in [-0.05, 0) is 53.9 Å². The van der Waals surface area contributed by atoms with Crippen LogP contribution in [0.3, 0.4) is 0 Å². The van der Waals surface area contributed by atoms with Crippen molar-refractivity contribution in [1.29, 1.82) is 0 Å². The fourth-order valence-electron chi connectivity index (χ4n) is 2.48. The zero-order chi connectivity index (χ0) is 17.1. The van der Waals surface area contributed by atoms with Crippen LogP contribution in [0.25, 0.3) is 10.8 Å². The van der Waals surface area contributed by atoms with E-state index in [1.807, 2.05) is 44.2 Å².